The number of hydrogen-bond donors (Lipinski definition) is 2. The number of aromatic amines is 1. The number of amides is 1. The predicted molar refractivity (Wildman–Crippen MR) is 144 cm³/mol. The van der Waals surface area contributed by atoms with Crippen molar-refractivity contribution in [1.29, 1.82) is 0 Å². The molecule has 0 spiro atoms. The molecule has 7 rings (SSSR count). The van der Waals surface area contributed by atoms with Gasteiger partial charge in [-0.3, -0.25) is 9.48 Å². The molecule has 8 nitrogen and oxygen atoms in total. The number of carbonyl (C=O) groups excluding carboxylic acids is 1. The highest BCUT2D eigenvalue weighted by molar-refractivity contribution is 5.82. The number of halogens is 4. The third-order valence-corrected chi connectivity index (χ3v) is 8.15. The van der Waals surface area contributed by atoms with Crippen LogP contribution in [0.25, 0.3) is 22.2 Å². The van der Waals surface area contributed by atoms with Crippen molar-refractivity contribution in [2.75, 3.05) is 0 Å². The predicted octanol–water partition coefficient (Wildman–Crippen LogP) is 5.58. The van der Waals surface area contributed by atoms with Gasteiger partial charge in [-0.15, -0.1) is 0 Å². The molecule has 1 amide bonds. The lowest BCUT2D eigenvalue weighted by Crippen LogP contribution is -2.34. The van der Waals surface area contributed by atoms with Gasteiger partial charge in [0.1, 0.15) is 35.8 Å². The number of fused-ring (bicyclic) bond motifs is 4. The Morgan fingerprint density at radius 1 is 1.10 bits per heavy atom. The third kappa shape index (κ3) is 4.90. The molecule has 214 valence electrons. The fourth-order valence-electron chi connectivity index (χ4n) is 6.21. The lowest BCUT2D eigenvalue weighted by Gasteiger charge is -2.22. The van der Waals surface area contributed by atoms with Crippen LogP contribution in [0.3, 0.4) is 0 Å². The van der Waals surface area contributed by atoms with Gasteiger partial charge in [-0.05, 0) is 61.4 Å². The lowest BCUT2D eigenvalue weighted by atomic mass is 9.95. The van der Waals surface area contributed by atoms with Crippen LogP contribution in [0.15, 0.2) is 55.2 Å². The standard InChI is InChI=1S/C30H25F4N7O/c31-19-5-15(6-20(32)10-19)7-24(26-23(12-35-14-38-26)18-8-17-3-4-36-30(17)37-11-18)39-25(42)13-41-28-21(27(40-41)29(33)34)2-1-16-9-22(16)28/h3-6,8,10-12,14,16,22,24,29H,1-2,7,9,13H2,(H,36,37)(H,39,42)/t16-,22+,24+/m0/s1. The highest BCUT2D eigenvalue weighted by atomic mass is 19.3. The van der Waals surface area contributed by atoms with Gasteiger partial charge in [-0.1, -0.05) is 0 Å². The summed E-state index contributed by atoms with van der Waals surface area (Å²) in [6.07, 6.45) is 5.89. The van der Waals surface area contributed by atoms with Crippen LogP contribution >= 0.6 is 0 Å². The van der Waals surface area contributed by atoms with Crippen LogP contribution in [-0.4, -0.2) is 35.6 Å². The molecule has 0 unspecified atom stereocenters. The molecule has 1 fully saturated rings. The molecule has 4 heterocycles. The molecule has 2 aliphatic rings. The van der Waals surface area contributed by atoms with E-state index in [0.717, 1.165) is 24.3 Å². The monoisotopic (exact) mass is 575 g/mol. The smallest absolute Gasteiger partial charge is 0.282 e. The second-order valence-electron chi connectivity index (χ2n) is 10.9. The van der Waals surface area contributed by atoms with Crippen molar-refractivity contribution < 1.29 is 22.4 Å². The fraction of sp³-hybridized carbons (Fsp3) is 0.300. The summed E-state index contributed by atoms with van der Waals surface area (Å²) in [5.41, 5.74) is 3.68. The van der Waals surface area contributed by atoms with Crippen molar-refractivity contribution in [1.82, 2.24) is 35.0 Å². The summed E-state index contributed by atoms with van der Waals surface area (Å²) < 4.78 is 57.3. The van der Waals surface area contributed by atoms with Crippen molar-refractivity contribution in [3.05, 3.63) is 95.1 Å². The molecule has 12 heteroatoms. The Kier molecular flexibility index (Phi) is 6.47. The van der Waals surface area contributed by atoms with Crippen molar-refractivity contribution in [3.63, 3.8) is 0 Å². The van der Waals surface area contributed by atoms with Gasteiger partial charge in [-0.25, -0.2) is 32.5 Å². The zero-order valence-electron chi connectivity index (χ0n) is 22.2. The van der Waals surface area contributed by atoms with E-state index in [9.17, 15) is 22.4 Å². The second-order valence-corrected chi connectivity index (χ2v) is 10.9. The molecular formula is C30H25F4N7O. The Labute approximate surface area is 237 Å². The molecule has 2 N–H and O–H groups in total. The number of benzene rings is 1. The van der Waals surface area contributed by atoms with E-state index in [1.807, 2.05) is 12.1 Å². The fourth-order valence-corrected chi connectivity index (χ4v) is 6.21. The summed E-state index contributed by atoms with van der Waals surface area (Å²) in [5.74, 6) is -1.42. The van der Waals surface area contributed by atoms with E-state index in [1.54, 1.807) is 18.6 Å². The van der Waals surface area contributed by atoms with Crippen LogP contribution in [-0.2, 0) is 24.2 Å². The highest BCUT2D eigenvalue weighted by Gasteiger charge is 2.46. The number of carbonyl (C=O) groups is 1. The Hall–Kier alpha value is -4.61. The summed E-state index contributed by atoms with van der Waals surface area (Å²) in [4.78, 5) is 29.6. The van der Waals surface area contributed by atoms with Gasteiger partial charge in [0.2, 0.25) is 5.91 Å². The Morgan fingerprint density at radius 2 is 1.93 bits per heavy atom. The summed E-state index contributed by atoms with van der Waals surface area (Å²) in [6.45, 7) is -0.274. The lowest BCUT2D eigenvalue weighted by molar-refractivity contribution is -0.122. The maximum Gasteiger partial charge on any atom is 0.282 e. The molecule has 1 aromatic carbocycles. The average molecular weight is 576 g/mol. The number of nitrogens with one attached hydrogen (secondary N) is 2. The molecule has 1 saturated carbocycles. The maximum absolute atomic E-state index is 14.1. The number of aromatic nitrogens is 6. The minimum absolute atomic E-state index is 0.00839. The summed E-state index contributed by atoms with van der Waals surface area (Å²) in [5, 5.41) is 7.94. The van der Waals surface area contributed by atoms with E-state index in [4.69, 9.17) is 0 Å². The molecule has 3 atom stereocenters. The number of pyridine rings is 1. The van der Waals surface area contributed by atoms with Crippen LogP contribution in [0.1, 0.15) is 59.4 Å². The molecule has 0 radical (unpaired) electrons. The molecule has 0 bridgehead atoms. The van der Waals surface area contributed by atoms with Gasteiger partial charge < -0.3 is 10.3 Å². The minimum atomic E-state index is -2.73. The molecule has 5 aromatic rings. The molecule has 42 heavy (non-hydrogen) atoms. The largest absolute Gasteiger partial charge is 0.346 e. The van der Waals surface area contributed by atoms with Crippen LogP contribution in [0.2, 0.25) is 0 Å². The van der Waals surface area contributed by atoms with E-state index in [-0.39, 0.29) is 24.6 Å². The number of rotatable bonds is 8. The summed E-state index contributed by atoms with van der Waals surface area (Å²) in [6, 6.07) is 6.10. The third-order valence-electron chi connectivity index (χ3n) is 8.15. The Morgan fingerprint density at radius 3 is 2.74 bits per heavy atom. The zero-order chi connectivity index (χ0) is 29.0. The van der Waals surface area contributed by atoms with E-state index >= 15 is 0 Å². The highest BCUT2D eigenvalue weighted by Crippen LogP contribution is 2.55. The van der Waals surface area contributed by atoms with Gasteiger partial charge >= 0.3 is 0 Å². The van der Waals surface area contributed by atoms with E-state index in [1.165, 1.54) is 23.1 Å². The molecule has 0 saturated heterocycles. The topological polar surface area (TPSA) is 101 Å². The van der Waals surface area contributed by atoms with Crippen LogP contribution < -0.4 is 5.32 Å². The first-order chi connectivity index (χ1) is 20.3. The number of H-pyrrole nitrogens is 1. The number of alkyl halides is 2. The van der Waals surface area contributed by atoms with Crippen molar-refractivity contribution in [2.45, 2.75) is 50.6 Å². The van der Waals surface area contributed by atoms with Gasteiger partial charge in [-0.2, -0.15) is 5.10 Å². The molecule has 0 aliphatic heterocycles. The van der Waals surface area contributed by atoms with Gasteiger partial charge in [0, 0.05) is 58.3 Å². The van der Waals surface area contributed by atoms with E-state index in [2.05, 4.69) is 30.4 Å². The first-order valence-electron chi connectivity index (χ1n) is 13.7. The van der Waals surface area contributed by atoms with Crippen LogP contribution in [0.4, 0.5) is 17.6 Å². The molecule has 4 aromatic heterocycles. The van der Waals surface area contributed by atoms with Gasteiger partial charge in [0.25, 0.3) is 6.43 Å². The quantitative estimate of drug-likeness (QED) is 0.235. The molecular weight excluding hydrogens is 550 g/mol. The summed E-state index contributed by atoms with van der Waals surface area (Å²) >= 11 is 0. The zero-order valence-corrected chi connectivity index (χ0v) is 22.2. The number of hydrogen-bond acceptors (Lipinski definition) is 5. The first kappa shape index (κ1) is 26.3. The van der Waals surface area contributed by atoms with Crippen molar-refractivity contribution in [2.24, 2.45) is 5.92 Å². The first-order valence-corrected chi connectivity index (χ1v) is 13.7. The van der Waals surface area contributed by atoms with Crippen molar-refractivity contribution in [3.8, 4) is 11.1 Å². The average Bonchev–Trinajstić information content (AvgIpc) is 3.43. The Balaban J connectivity index is 1.24. The van der Waals surface area contributed by atoms with Gasteiger partial charge in [0.05, 0.1) is 11.7 Å². The Bertz CT molecular complexity index is 1800. The maximum atomic E-state index is 14.1. The van der Waals surface area contributed by atoms with E-state index in [0.29, 0.717) is 51.6 Å². The minimum Gasteiger partial charge on any atom is -0.346 e. The van der Waals surface area contributed by atoms with E-state index < -0.39 is 30.0 Å². The van der Waals surface area contributed by atoms with Crippen LogP contribution in [0, 0.1) is 17.6 Å². The normalized spacial score (nSPS) is 18.1. The summed E-state index contributed by atoms with van der Waals surface area (Å²) in [7, 11) is 0. The van der Waals surface area contributed by atoms with Gasteiger partial charge in [0.15, 0.2) is 0 Å². The molecule has 2 aliphatic carbocycles. The van der Waals surface area contributed by atoms with Crippen molar-refractivity contribution >= 4 is 16.9 Å². The second kappa shape index (κ2) is 10.3. The van der Waals surface area contributed by atoms with Crippen LogP contribution in [0.5, 0.6) is 0 Å². The SMILES string of the molecule is O=C(Cn1nc(C(F)F)c2c1[C@@H]1C[C@@H]1CC2)N[C@H](Cc1cc(F)cc(F)c1)c1ncncc1-c1cnc2[nH]ccc2c1. The number of nitrogens with zero attached hydrogens (tertiary/aromatic N) is 5.